The molecule has 0 saturated heterocycles. The first-order chi connectivity index (χ1) is 9.66. The number of nitrogens with two attached hydrogens (primary N) is 1. The van der Waals surface area contributed by atoms with Gasteiger partial charge in [-0.25, -0.2) is 9.37 Å². The molecule has 3 rings (SSSR count). The van der Waals surface area contributed by atoms with Gasteiger partial charge in [-0.05, 0) is 34.1 Å². The molecule has 0 spiro atoms. The van der Waals surface area contributed by atoms with Gasteiger partial charge in [0.05, 0.1) is 27.9 Å². The highest BCUT2D eigenvalue weighted by molar-refractivity contribution is 9.10. The Balaban J connectivity index is 1.92. The summed E-state index contributed by atoms with van der Waals surface area (Å²) >= 11 is 3.18. The Morgan fingerprint density at radius 1 is 1.20 bits per heavy atom. The SMILES string of the molecule is NC(Cn1cnc2ccccc21)c1cccc(Br)c1F. The molecule has 2 N–H and O–H groups in total. The Hall–Kier alpha value is -1.72. The van der Waals surface area contributed by atoms with E-state index in [1.807, 2.05) is 28.8 Å². The van der Waals surface area contributed by atoms with E-state index < -0.39 is 6.04 Å². The second-order valence-corrected chi connectivity index (χ2v) is 5.49. The minimum atomic E-state index is -0.426. The van der Waals surface area contributed by atoms with Gasteiger partial charge in [0.25, 0.3) is 0 Å². The number of fused-ring (bicyclic) bond motifs is 1. The van der Waals surface area contributed by atoms with Crippen LogP contribution in [0.4, 0.5) is 4.39 Å². The van der Waals surface area contributed by atoms with E-state index in [-0.39, 0.29) is 5.82 Å². The van der Waals surface area contributed by atoms with Gasteiger partial charge in [0.2, 0.25) is 0 Å². The summed E-state index contributed by atoms with van der Waals surface area (Å²) in [6.45, 7) is 0.480. The first-order valence-corrected chi connectivity index (χ1v) is 7.05. The zero-order valence-corrected chi connectivity index (χ0v) is 12.2. The third-order valence-electron chi connectivity index (χ3n) is 3.30. The second-order valence-electron chi connectivity index (χ2n) is 4.64. The summed E-state index contributed by atoms with van der Waals surface area (Å²) in [5.74, 6) is -0.301. The quantitative estimate of drug-likeness (QED) is 0.795. The van der Waals surface area contributed by atoms with Gasteiger partial charge >= 0.3 is 0 Å². The van der Waals surface area contributed by atoms with E-state index >= 15 is 0 Å². The predicted molar refractivity (Wildman–Crippen MR) is 80.8 cm³/mol. The van der Waals surface area contributed by atoms with Crippen molar-refractivity contribution >= 4 is 27.0 Å². The molecular formula is C15H13BrFN3. The smallest absolute Gasteiger partial charge is 0.142 e. The molecule has 1 atom stereocenters. The summed E-state index contributed by atoms with van der Waals surface area (Å²) in [5.41, 5.74) is 8.54. The highest BCUT2D eigenvalue weighted by Gasteiger charge is 2.15. The molecule has 2 aromatic carbocycles. The molecule has 102 valence electrons. The van der Waals surface area contributed by atoms with Gasteiger partial charge in [0.1, 0.15) is 5.82 Å². The summed E-state index contributed by atoms with van der Waals surface area (Å²) in [6, 6.07) is 12.5. The Labute approximate surface area is 124 Å². The van der Waals surface area contributed by atoms with Gasteiger partial charge in [-0.1, -0.05) is 24.3 Å². The average Bonchev–Trinajstić information content (AvgIpc) is 2.85. The molecule has 1 unspecified atom stereocenters. The van der Waals surface area contributed by atoms with Crippen LogP contribution in [0.1, 0.15) is 11.6 Å². The lowest BCUT2D eigenvalue weighted by atomic mass is 10.1. The van der Waals surface area contributed by atoms with Gasteiger partial charge in [-0.15, -0.1) is 0 Å². The van der Waals surface area contributed by atoms with Crippen LogP contribution in [0.5, 0.6) is 0 Å². The molecule has 20 heavy (non-hydrogen) atoms. The third kappa shape index (κ3) is 2.34. The van der Waals surface area contributed by atoms with Gasteiger partial charge in [0.15, 0.2) is 0 Å². The van der Waals surface area contributed by atoms with Crippen molar-refractivity contribution in [3.8, 4) is 0 Å². The minimum Gasteiger partial charge on any atom is -0.329 e. The van der Waals surface area contributed by atoms with Crippen molar-refractivity contribution in [1.29, 1.82) is 0 Å². The highest BCUT2D eigenvalue weighted by Crippen LogP contribution is 2.24. The molecule has 0 saturated carbocycles. The Morgan fingerprint density at radius 3 is 2.85 bits per heavy atom. The Kier molecular flexibility index (Phi) is 3.54. The Morgan fingerprint density at radius 2 is 2.00 bits per heavy atom. The van der Waals surface area contributed by atoms with E-state index in [4.69, 9.17) is 5.73 Å². The Bertz CT molecular complexity index is 754. The lowest BCUT2D eigenvalue weighted by Crippen LogP contribution is -2.18. The maximum atomic E-state index is 14.0. The van der Waals surface area contributed by atoms with E-state index in [1.54, 1.807) is 24.5 Å². The van der Waals surface area contributed by atoms with Crippen molar-refractivity contribution in [2.45, 2.75) is 12.6 Å². The molecule has 0 aliphatic rings. The number of halogens is 2. The van der Waals surface area contributed by atoms with E-state index in [1.165, 1.54) is 0 Å². The van der Waals surface area contributed by atoms with Crippen molar-refractivity contribution in [2.75, 3.05) is 0 Å². The van der Waals surface area contributed by atoms with E-state index in [9.17, 15) is 4.39 Å². The average molecular weight is 334 g/mol. The van der Waals surface area contributed by atoms with E-state index in [2.05, 4.69) is 20.9 Å². The number of rotatable bonds is 3. The molecule has 3 nitrogen and oxygen atoms in total. The monoisotopic (exact) mass is 333 g/mol. The van der Waals surface area contributed by atoms with Crippen LogP contribution < -0.4 is 5.73 Å². The molecule has 3 aromatic rings. The fraction of sp³-hybridized carbons (Fsp3) is 0.133. The largest absolute Gasteiger partial charge is 0.329 e. The highest BCUT2D eigenvalue weighted by atomic mass is 79.9. The molecule has 0 aliphatic carbocycles. The maximum Gasteiger partial charge on any atom is 0.142 e. The van der Waals surface area contributed by atoms with Crippen molar-refractivity contribution in [3.05, 3.63) is 64.6 Å². The number of hydrogen-bond donors (Lipinski definition) is 1. The summed E-state index contributed by atoms with van der Waals surface area (Å²) in [6.07, 6.45) is 1.74. The first-order valence-electron chi connectivity index (χ1n) is 6.26. The molecule has 5 heteroatoms. The van der Waals surface area contributed by atoms with Crippen molar-refractivity contribution in [1.82, 2.24) is 9.55 Å². The lowest BCUT2D eigenvalue weighted by molar-refractivity contribution is 0.535. The fourth-order valence-corrected chi connectivity index (χ4v) is 2.65. The maximum absolute atomic E-state index is 14.0. The second kappa shape index (κ2) is 5.34. The molecule has 0 radical (unpaired) electrons. The normalized spacial score (nSPS) is 12.8. The molecule has 1 aromatic heterocycles. The number of imidazole rings is 1. The van der Waals surface area contributed by atoms with Crippen LogP contribution in [0.3, 0.4) is 0 Å². The topological polar surface area (TPSA) is 43.8 Å². The fourth-order valence-electron chi connectivity index (χ4n) is 2.27. The molecule has 0 fully saturated rings. The van der Waals surface area contributed by atoms with Crippen LogP contribution in [-0.2, 0) is 6.54 Å². The van der Waals surface area contributed by atoms with Crippen LogP contribution in [0, 0.1) is 5.82 Å². The van der Waals surface area contributed by atoms with Gasteiger partial charge in [0, 0.05) is 12.1 Å². The number of benzene rings is 2. The van der Waals surface area contributed by atoms with Gasteiger partial charge < -0.3 is 10.3 Å². The first kappa shape index (κ1) is 13.3. The zero-order valence-electron chi connectivity index (χ0n) is 10.6. The van der Waals surface area contributed by atoms with Gasteiger partial charge in [-0.3, -0.25) is 0 Å². The van der Waals surface area contributed by atoms with Crippen molar-refractivity contribution in [3.63, 3.8) is 0 Å². The summed E-state index contributed by atoms with van der Waals surface area (Å²) in [5, 5.41) is 0. The molecule has 0 amide bonds. The molecule has 0 aliphatic heterocycles. The number of nitrogens with zero attached hydrogens (tertiary/aromatic N) is 2. The van der Waals surface area contributed by atoms with E-state index in [0.29, 0.717) is 16.6 Å². The van der Waals surface area contributed by atoms with E-state index in [0.717, 1.165) is 11.0 Å². The number of para-hydroxylation sites is 2. The molecule has 1 heterocycles. The van der Waals surface area contributed by atoms with Gasteiger partial charge in [-0.2, -0.15) is 0 Å². The summed E-state index contributed by atoms with van der Waals surface area (Å²) < 4.78 is 16.4. The lowest BCUT2D eigenvalue weighted by Gasteiger charge is -2.15. The van der Waals surface area contributed by atoms with Crippen molar-refractivity contribution in [2.24, 2.45) is 5.73 Å². The molecular weight excluding hydrogens is 321 g/mol. The summed E-state index contributed by atoms with van der Waals surface area (Å²) in [7, 11) is 0. The standard InChI is InChI=1S/C15H13BrFN3/c16-11-5-3-4-10(15(11)17)12(18)8-20-9-19-13-6-1-2-7-14(13)20/h1-7,9,12H,8,18H2. The number of aromatic nitrogens is 2. The van der Waals surface area contributed by atoms with Crippen LogP contribution in [0.15, 0.2) is 53.3 Å². The van der Waals surface area contributed by atoms with Crippen LogP contribution >= 0.6 is 15.9 Å². The summed E-state index contributed by atoms with van der Waals surface area (Å²) in [4.78, 5) is 4.31. The number of hydrogen-bond acceptors (Lipinski definition) is 2. The van der Waals surface area contributed by atoms with Crippen LogP contribution in [-0.4, -0.2) is 9.55 Å². The predicted octanol–water partition coefficient (Wildman–Crippen LogP) is 3.64. The minimum absolute atomic E-state index is 0.301. The molecule has 0 bridgehead atoms. The van der Waals surface area contributed by atoms with Crippen molar-refractivity contribution < 1.29 is 4.39 Å². The van der Waals surface area contributed by atoms with Crippen LogP contribution in [0.2, 0.25) is 0 Å². The zero-order chi connectivity index (χ0) is 14.1. The van der Waals surface area contributed by atoms with Crippen LogP contribution in [0.25, 0.3) is 11.0 Å². The third-order valence-corrected chi connectivity index (χ3v) is 3.91.